The van der Waals surface area contributed by atoms with Crippen molar-refractivity contribution in [1.29, 1.82) is 0 Å². The van der Waals surface area contributed by atoms with Gasteiger partial charge >= 0.3 is 0 Å². The lowest BCUT2D eigenvalue weighted by molar-refractivity contribution is -0.128. The van der Waals surface area contributed by atoms with Crippen LogP contribution >= 0.6 is 11.3 Å². The largest absolute Gasteiger partial charge is 0.482 e. The predicted molar refractivity (Wildman–Crippen MR) is 94.9 cm³/mol. The number of rotatable bonds is 3. The molecule has 0 bridgehead atoms. The van der Waals surface area contributed by atoms with Gasteiger partial charge in [0.15, 0.2) is 16.6 Å². The summed E-state index contributed by atoms with van der Waals surface area (Å²) < 4.78 is 11.6. The zero-order chi connectivity index (χ0) is 17.2. The van der Waals surface area contributed by atoms with Crippen LogP contribution in [0.3, 0.4) is 0 Å². The second-order valence-corrected chi connectivity index (χ2v) is 6.43. The fourth-order valence-corrected chi connectivity index (χ4v) is 3.29. The molecule has 25 heavy (non-hydrogen) atoms. The van der Waals surface area contributed by atoms with Gasteiger partial charge in [-0.15, -0.1) is 11.3 Å². The Balaban J connectivity index is 1.48. The molecule has 0 spiro atoms. The molecule has 4 rings (SSSR count). The molecule has 7 heteroatoms. The van der Waals surface area contributed by atoms with Crippen molar-refractivity contribution in [3.05, 3.63) is 54.2 Å². The van der Waals surface area contributed by atoms with E-state index >= 15 is 0 Å². The highest BCUT2D eigenvalue weighted by Gasteiger charge is 2.34. The van der Waals surface area contributed by atoms with E-state index in [1.165, 1.54) is 11.3 Å². The predicted octanol–water partition coefficient (Wildman–Crippen LogP) is 3.37. The Hall–Kier alpha value is -2.93. The first kappa shape index (κ1) is 15.6. The third-order valence-corrected chi connectivity index (χ3v) is 4.57. The molecule has 0 aliphatic carbocycles. The lowest BCUT2D eigenvalue weighted by Crippen LogP contribution is -2.46. The van der Waals surface area contributed by atoms with Gasteiger partial charge in [0.2, 0.25) is 6.10 Å². The van der Waals surface area contributed by atoms with Crippen LogP contribution in [0.4, 0.5) is 5.13 Å². The van der Waals surface area contributed by atoms with E-state index in [0.717, 1.165) is 11.3 Å². The molecular formula is C18H15N3O3S. The Morgan fingerprint density at radius 2 is 1.84 bits per heavy atom. The number of benzene rings is 1. The van der Waals surface area contributed by atoms with Gasteiger partial charge in [-0.25, -0.2) is 4.98 Å². The van der Waals surface area contributed by atoms with Crippen LogP contribution in [0.1, 0.15) is 6.92 Å². The van der Waals surface area contributed by atoms with E-state index < -0.39 is 12.2 Å². The average Bonchev–Trinajstić information content (AvgIpc) is 3.10. The zero-order valence-corrected chi connectivity index (χ0v) is 14.2. The van der Waals surface area contributed by atoms with E-state index in [2.05, 4.69) is 15.3 Å². The molecule has 0 unspecified atom stereocenters. The number of ether oxygens (including phenoxy) is 2. The lowest BCUT2D eigenvalue weighted by Gasteiger charge is -2.30. The first-order valence-electron chi connectivity index (χ1n) is 7.80. The van der Waals surface area contributed by atoms with E-state index in [1.807, 2.05) is 42.6 Å². The Morgan fingerprint density at radius 3 is 2.60 bits per heavy atom. The number of para-hydroxylation sites is 2. The summed E-state index contributed by atoms with van der Waals surface area (Å²) in [7, 11) is 0. The molecule has 0 radical (unpaired) electrons. The van der Waals surface area contributed by atoms with Crippen molar-refractivity contribution in [2.75, 3.05) is 5.32 Å². The fraction of sp³-hybridized carbons (Fsp3) is 0.167. The molecule has 3 heterocycles. The number of amides is 1. The maximum atomic E-state index is 12.6. The summed E-state index contributed by atoms with van der Waals surface area (Å²) in [5, 5.41) is 5.22. The van der Waals surface area contributed by atoms with Crippen LogP contribution in [0.15, 0.2) is 54.2 Å². The number of carbonyl (C=O) groups is 1. The van der Waals surface area contributed by atoms with Gasteiger partial charge in [0.1, 0.15) is 6.10 Å². The van der Waals surface area contributed by atoms with Crippen LogP contribution in [0.25, 0.3) is 11.3 Å². The number of aromatic nitrogens is 2. The summed E-state index contributed by atoms with van der Waals surface area (Å²) in [6.45, 7) is 1.81. The summed E-state index contributed by atoms with van der Waals surface area (Å²) in [6.07, 6.45) is 2.29. The van der Waals surface area contributed by atoms with Crippen LogP contribution in [0, 0.1) is 0 Å². The first-order chi connectivity index (χ1) is 12.2. The van der Waals surface area contributed by atoms with Crippen molar-refractivity contribution < 1.29 is 14.3 Å². The highest BCUT2D eigenvalue weighted by atomic mass is 32.1. The minimum absolute atomic E-state index is 0.280. The third-order valence-electron chi connectivity index (χ3n) is 3.81. The minimum Gasteiger partial charge on any atom is -0.482 e. The highest BCUT2D eigenvalue weighted by Crippen LogP contribution is 2.34. The van der Waals surface area contributed by atoms with E-state index in [-0.39, 0.29) is 5.91 Å². The second kappa shape index (κ2) is 6.52. The molecule has 3 aromatic rings. The number of nitrogens with one attached hydrogen (secondary N) is 1. The molecule has 126 valence electrons. The minimum atomic E-state index is -0.733. The Bertz CT molecular complexity index is 897. The maximum absolute atomic E-state index is 12.6. The lowest BCUT2D eigenvalue weighted by atomic mass is 10.1. The number of anilines is 1. The van der Waals surface area contributed by atoms with E-state index in [4.69, 9.17) is 9.47 Å². The van der Waals surface area contributed by atoms with Gasteiger partial charge in [0.05, 0.1) is 5.69 Å². The monoisotopic (exact) mass is 353 g/mol. The van der Waals surface area contributed by atoms with Crippen molar-refractivity contribution in [3.8, 4) is 22.8 Å². The smallest absolute Gasteiger partial charge is 0.271 e. The molecule has 6 nitrogen and oxygen atoms in total. The van der Waals surface area contributed by atoms with Crippen LogP contribution in [0.5, 0.6) is 11.5 Å². The van der Waals surface area contributed by atoms with Crippen molar-refractivity contribution in [1.82, 2.24) is 9.97 Å². The molecule has 0 fully saturated rings. The number of pyridine rings is 1. The zero-order valence-electron chi connectivity index (χ0n) is 13.4. The van der Waals surface area contributed by atoms with Gasteiger partial charge in [0.25, 0.3) is 5.91 Å². The van der Waals surface area contributed by atoms with Gasteiger partial charge in [-0.2, -0.15) is 0 Å². The standard InChI is InChI=1S/C18H15N3O3S/c1-11-16(24-15-5-3-2-4-14(15)23-11)17(22)21-18-20-13(10-25-18)12-6-8-19-9-7-12/h2-11,16H,1H3,(H,20,21,22)/t11-,16+/m0/s1. The number of nitrogens with zero attached hydrogens (tertiary/aromatic N) is 2. The Kier molecular flexibility index (Phi) is 4.07. The van der Waals surface area contributed by atoms with E-state index in [0.29, 0.717) is 16.6 Å². The normalized spacial score (nSPS) is 18.6. The van der Waals surface area contributed by atoms with Crippen molar-refractivity contribution in [3.63, 3.8) is 0 Å². The van der Waals surface area contributed by atoms with E-state index in [1.54, 1.807) is 18.5 Å². The van der Waals surface area contributed by atoms with Gasteiger partial charge in [-0.3, -0.25) is 15.1 Å². The van der Waals surface area contributed by atoms with Gasteiger partial charge < -0.3 is 9.47 Å². The molecule has 1 N–H and O–H groups in total. The SMILES string of the molecule is C[C@@H]1Oc2ccccc2O[C@H]1C(=O)Nc1nc(-c2ccncc2)cs1. The molecule has 2 aromatic heterocycles. The topological polar surface area (TPSA) is 73.3 Å². The van der Waals surface area contributed by atoms with Crippen LogP contribution in [0.2, 0.25) is 0 Å². The highest BCUT2D eigenvalue weighted by molar-refractivity contribution is 7.14. The van der Waals surface area contributed by atoms with Crippen LogP contribution in [-0.2, 0) is 4.79 Å². The second-order valence-electron chi connectivity index (χ2n) is 5.57. The summed E-state index contributed by atoms with van der Waals surface area (Å²) in [5.41, 5.74) is 1.74. The quantitative estimate of drug-likeness (QED) is 0.781. The summed E-state index contributed by atoms with van der Waals surface area (Å²) >= 11 is 1.36. The number of hydrogen-bond acceptors (Lipinski definition) is 6. The number of thiazole rings is 1. The molecule has 1 aromatic carbocycles. The van der Waals surface area contributed by atoms with Crippen molar-refractivity contribution in [2.24, 2.45) is 0 Å². The average molecular weight is 353 g/mol. The van der Waals surface area contributed by atoms with Gasteiger partial charge in [-0.1, -0.05) is 12.1 Å². The van der Waals surface area contributed by atoms with Crippen LogP contribution in [-0.4, -0.2) is 28.1 Å². The molecule has 2 atom stereocenters. The third kappa shape index (κ3) is 3.18. The Labute approximate surface area is 148 Å². The van der Waals surface area contributed by atoms with Crippen molar-refractivity contribution >= 4 is 22.4 Å². The number of carbonyl (C=O) groups excluding carboxylic acids is 1. The molecule has 1 aliphatic rings. The molecule has 0 saturated carbocycles. The van der Waals surface area contributed by atoms with Crippen molar-refractivity contribution in [2.45, 2.75) is 19.1 Å². The summed E-state index contributed by atoms with van der Waals surface area (Å²) in [4.78, 5) is 21.0. The molecule has 0 saturated heterocycles. The maximum Gasteiger partial charge on any atom is 0.271 e. The fourth-order valence-electron chi connectivity index (χ4n) is 2.57. The van der Waals surface area contributed by atoms with Crippen LogP contribution < -0.4 is 14.8 Å². The summed E-state index contributed by atoms with van der Waals surface area (Å²) in [6, 6.07) is 11.1. The number of fused-ring (bicyclic) bond motifs is 1. The molecule has 1 amide bonds. The first-order valence-corrected chi connectivity index (χ1v) is 8.68. The molecular weight excluding hydrogens is 338 g/mol. The summed E-state index contributed by atoms with van der Waals surface area (Å²) in [5.74, 6) is 0.934. The Morgan fingerprint density at radius 1 is 1.12 bits per heavy atom. The van der Waals surface area contributed by atoms with Gasteiger partial charge in [0, 0.05) is 23.3 Å². The molecule has 1 aliphatic heterocycles. The number of hydrogen-bond donors (Lipinski definition) is 1. The van der Waals surface area contributed by atoms with Gasteiger partial charge in [-0.05, 0) is 31.2 Å². The van der Waals surface area contributed by atoms with E-state index in [9.17, 15) is 4.79 Å².